The molecule has 0 bridgehead atoms. The van der Waals surface area contributed by atoms with Gasteiger partial charge in [-0.3, -0.25) is 0 Å². The summed E-state index contributed by atoms with van der Waals surface area (Å²) in [5, 5.41) is 11.2. The second kappa shape index (κ2) is 7.94. The average molecular weight is 384 g/mol. The highest BCUT2D eigenvalue weighted by Crippen LogP contribution is 2.43. The maximum absolute atomic E-state index is 13.9. The van der Waals surface area contributed by atoms with Crippen LogP contribution in [0, 0.1) is 5.82 Å². The summed E-state index contributed by atoms with van der Waals surface area (Å²) in [7, 11) is 0. The molecular weight excluding hydrogens is 355 g/mol. The highest BCUT2D eigenvalue weighted by atomic mass is 19.1. The molecule has 2 aromatic rings. The normalized spacial score (nSPS) is 25.8. The maximum Gasteiger partial charge on any atom is 0.168 e. The van der Waals surface area contributed by atoms with E-state index in [1.165, 1.54) is 17.7 Å². The van der Waals surface area contributed by atoms with Crippen molar-refractivity contribution in [2.75, 3.05) is 6.61 Å². The van der Waals surface area contributed by atoms with Crippen LogP contribution in [0.25, 0.3) is 0 Å². The van der Waals surface area contributed by atoms with E-state index in [1.807, 2.05) is 12.1 Å². The van der Waals surface area contributed by atoms with Gasteiger partial charge in [0.25, 0.3) is 0 Å². The van der Waals surface area contributed by atoms with Crippen LogP contribution in [-0.4, -0.2) is 23.6 Å². The van der Waals surface area contributed by atoms with Crippen molar-refractivity contribution < 1.29 is 19.0 Å². The summed E-state index contributed by atoms with van der Waals surface area (Å²) < 4.78 is 26.1. The zero-order valence-electron chi connectivity index (χ0n) is 16.7. The van der Waals surface area contributed by atoms with Gasteiger partial charge in [-0.15, -0.1) is 0 Å². The van der Waals surface area contributed by atoms with Crippen LogP contribution in [0.3, 0.4) is 0 Å². The van der Waals surface area contributed by atoms with Crippen LogP contribution in [0.1, 0.15) is 73.8 Å². The van der Waals surface area contributed by atoms with Crippen LogP contribution in [0.4, 0.5) is 4.39 Å². The fraction of sp³-hybridized carbons (Fsp3) is 0.500. The number of aliphatic hydroxyl groups excluding tert-OH is 1. The third-order valence-corrected chi connectivity index (χ3v) is 6.43. The molecule has 1 aliphatic heterocycles. The van der Waals surface area contributed by atoms with E-state index >= 15 is 0 Å². The zero-order valence-corrected chi connectivity index (χ0v) is 16.7. The van der Waals surface area contributed by atoms with Crippen LogP contribution < -0.4 is 0 Å². The summed E-state index contributed by atoms with van der Waals surface area (Å²) in [5.74, 6) is -0.841. The van der Waals surface area contributed by atoms with Crippen molar-refractivity contribution in [3.8, 4) is 0 Å². The van der Waals surface area contributed by atoms with Gasteiger partial charge in [0.2, 0.25) is 0 Å². The van der Waals surface area contributed by atoms with Crippen LogP contribution >= 0.6 is 0 Å². The Balaban J connectivity index is 1.58. The van der Waals surface area contributed by atoms with Crippen molar-refractivity contribution in [1.82, 2.24) is 0 Å². The number of fused-ring (bicyclic) bond motifs is 2. The molecule has 0 saturated carbocycles. The summed E-state index contributed by atoms with van der Waals surface area (Å²) >= 11 is 0. The molecule has 0 unspecified atom stereocenters. The number of ether oxygens (including phenoxy) is 2. The lowest BCUT2D eigenvalue weighted by molar-refractivity contribution is -0.172. The number of hydrogen-bond acceptors (Lipinski definition) is 3. The second-order valence-corrected chi connectivity index (χ2v) is 8.02. The van der Waals surface area contributed by atoms with E-state index in [9.17, 15) is 9.50 Å². The largest absolute Gasteiger partial charge is 0.388 e. The molecule has 0 amide bonds. The molecule has 1 fully saturated rings. The molecule has 2 aromatic carbocycles. The van der Waals surface area contributed by atoms with E-state index in [0.29, 0.717) is 12.2 Å². The maximum atomic E-state index is 13.9. The molecule has 1 saturated heterocycles. The van der Waals surface area contributed by atoms with Gasteiger partial charge in [-0.1, -0.05) is 44.2 Å². The van der Waals surface area contributed by atoms with Crippen molar-refractivity contribution in [3.05, 3.63) is 70.5 Å². The number of rotatable bonds is 5. The first-order chi connectivity index (χ1) is 13.5. The van der Waals surface area contributed by atoms with Gasteiger partial charge in [-0.2, -0.15) is 0 Å². The van der Waals surface area contributed by atoms with E-state index in [-0.39, 0.29) is 17.8 Å². The Labute approximate surface area is 166 Å². The van der Waals surface area contributed by atoms with Crippen molar-refractivity contribution in [3.63, 3.8) is 0 Å². The molecule has 0 aromatic heterocycles. The van der Waals surface area contributed by atoms with E-state index in [2.05, 4.69) is 26.0 Å². The highest BCUT2D eigenvalue weighted by Gasteiger charge is 2.39. The molecule has 3 atom stereocenters. The molecule has 1 aliphatic carbocycles. The number of benzene rings is 2. The topological polar surface area (TPSA) is 38.7 Å². The SMILES string of the molecule is CCC1(CC)OC[C@H](CC[C@@H]2c3ccccc3Cc3ccc(F)cc3[C@@H]2O)O1. The van der Waals surface area contributed by atoms with Crippen molar-refractivity contribution >= 4 is 0 Å². The third-order valence-electron chi connectivity index (χ3n) is 6.43. The van der Waals surface area contributed by atoms with Crippen molar-refractivity contribution in [1.29, 1.82) is 0 Å². The summed E-state index contributed by atoms with van der Waals surface area (Å²) in [4.78, 5) is 0. The quantitative estimate of drug-likeness (QED) is 0.764. The average Bonchev–Trinajstić information content (AvgIpc) is 3.09. The van der Waals surface area contributed by atoms with Gasteiger partial charge in [0.05, 0.1) is 18.8 Å². The van der Waals surface area contributed by atoms with E-state index in [4.69, 9.17) is 9.47 Å². The first kappa shape index (κ1) is 19.6. The van der Waals surface area contributed by atoms with Gasteiger partial charge in [0, 0.05) is 5.92 Å². The first-order valence-electron chi connectivity index (χ1n) is 10.4. The van der Waals surface area contributed by atoms with Crippen molar-refractivity contribution in [2.45, 2.75) is 69.9 Å². The summed E-state index contributed by atoms with van der Waals surface area (Å²) in [5.41, 5.74) is 4.07. The Morgan fingerprint density at radius 3 is 2.54 bits per heavy atom. The predicted molar refractivity (Wildman–Crippen MR) is 107 cm³/mol. The Bertz CT molecular complexity index is 830. The molecule has 3 nitrogen and oxygen atoms in total. The number of aliphatic hydroxyl groups is 1. The van der Waals surface area contributed by atoms with Gasteiger partial charge >= 0.3 is 0 Å². The minimum atomic E-state index is -0.723. The highest BCUT2D eigenvalue weighted by molar-refractivity contribution is 5.44. The molecular formula is C24H29FO3. The third kappa shape index (κ3) is 3.61. The van der Waals surface area contributed by atoms with Crippen molar-refractivity contribution in [2.24, 2.45) is 0 Å². The Morgan fingerprint density at radius 1 is 1.04 bits per heavy atom. The van der Waals surface area contributed by atoms with Crippen LogP contribution in [-0.2, 0) is 15.9 Å². The predicted octanol–water partition coefficient (Wildman–Crippen LogP) is 5.26. The van der Waals surface area contributed by atoms with E-state index < -0.39 is 11.9 Å². The first-order valence-corrected chi connectivity index (χ1v) is 10.4. The minimum Gasteiger partial charge on any atom is -0.388 e. The molecule has 4 rings (SSSR count). The standard InChI is InChI=1S/C24H29FO3/c1-3-24(4-2)27-15-19(28-24)11-12-21-20-8-6-5-7-16(20)13-17-9-10-18(25)14-22(17)23(21)26/h5-10,14,19,21,23,26H,3-4,11-13,15H2,1-2H3/t19-,21+,23+/m0/s1. The number of halogens is 1. The minimum absolute atomic E-state index is 0.0366. The fourth-order valence-corrected chi connectivity index (χ4v) is 4.71. The lowest BCUT2D eigenvalue weighted by atomic mass is 9.85. The molecule has 28 heavy (non-hydrogen) atoms. The Hall–Kier alpha value is -1.75. The molecule has 2 aliphatic rings. The second-order valence-electron chi connectivity index (χ2n) is 8.02. The number of hydrogen-bond donors (Lipinski definition) is 1. The molecule has 1 heterocycles. The Morgan fingerprint density at radius 2 is 1.79 bits per heavy atom. The lowest BCUT2D eigenvalue weighted by Gasteiger charge is -2.27. The summed E-state index contributed by atoms with van der Waals surface area (Å²) in [6.07, 6.45) is 3.28. The fourth-order valence-electron chi connectivity index (χ4n) is 4.71. The van der Waals surface area contributed by atoms with E-state index in [0.717, 1.165) is 43.2 Å². The zero-order chi connectivity index (χ0) is 19.7. The summed E-state index contributed by atoms with van der Waals surface area (Å²) in [6.45, 7) is 4.77. The van der Waals surface area contributed by atoms with Crippen LogP contribution in [0.2, 0.25) is 0 Å². The Kier molecular flexibility index (Phi) is 5.55. The molecule has 150 valence electrons. The molecule has 0 radical (unpaired) electrons. The van der Waals surface area contributed by atoms with E-state index in [1.54, 1.807) is 6.07 Å². The smallest absolute Gasteiger partial charge is 0.168 e. The van der Waals surface area contributed by atoms with Crippen LogP contribution in [0.15, 0.2) is 42.5 Å². The van der Waals surface area contributed by atoms with Gasteiger partial charge in [0.1, 0.15) is 5.82 Å². The molecule has 1 N–H and O–H groups in total. The van der Waals surface area contributed by atoms with Gasteiger partial charge in [0.15, 0.2) is 5.79 Å². The van der Waals surface area contributed by atoms with Gasteiger partial charge in [-0.25, -0.2) is 4.39 Å². The van der Waals surface area contributed by atoms with Crippen LogP contribution in [0.5, 0.6) is 0 Å². The molecule has 4 heteroatoms. The van der Waals surface area contributed by atoms with Gasteiger partial charge < -0.3 is 14.6 Å². The van der Waals surface area contributed by atoms with Gasteiger partial charge in [-0.05, 0) is 66.5 Å². The molecule has 0 spiro atoms. The summed E-state index contributed by atoms with van der Waals surface area (Å²) in [6, 6.07) is 13.0. The monoisotopic (exact) mass is 384 g/mol. The lowest BCUT2D eigenvalue weighted by Crippen LogP contribution is -2.29.